The molecule has 0 saturated carbocycles. The molecule has 1 rings (SSSR count). The number of amides is 1. The van der Waals surface area contributed by atoms with Gasteiger partial charge in [-0.15, -0.1) is 0 Å². The summed E-state index contributed by atoms with van der Waals surface area (Å²) in [5.74, 6) is 0.325. The molecule has 1 unspecified atom stereocenters. The summed E-state index contributed by atoms with van der Waals surface area (Å²) in [5.41, 5.74) is 0. The van der Waals surface area contributed by atoms with Crippen molar-refractivity contribution in [3.05, 3.63) is 0 Å². The topological polar surface area (TPSA) is 87.7 Å². The molecule has 7 nitrogen and oxygen atoms in total. The van der Waals surface area contributed by atoms with Gasteiger partial charge in [-0.25, -0.2) is 12.7 Å². The van der Waals surface area contributed by atoms with E-state index in [-0.39, 0.29) is 5.91 Å². The summed E-state index contributed by atoms with van der Waals surface area (Å²) < 4.78 is 29.4. The SMILES string of the molecule is COCCNC(=O)CCNCC1CCCN(S(C)(=O)=O)C1. The largest absolute Gasteiger partial charge is 0.383 e. The molecule has 0 aromatic carbocycles. The van der Waals surface area contributed by atoms with Crippen molar-refractivity contribution in [1.29, 1.82) is 0 Å². The van der Waals surface area contributed by atoms with Crippen LogP contribution in [0.4, 0.5) is 0 Å². The van der Waals surface area contributed by atoms with Crippen LogP contribution in [0.3, 0.4) is 0 Å². The van der Waals surface area contributed by atoms with E-state index < -0.39 is 10.0 Å². The van der Waals surface area contributed by atoms with Crippen molar-refractivity contribution in [2.75, 3.05) is 52.7 Å². The zero-order valence-electron chi connectivity index (χ0n) is 12.9. The van der Waals surface area contributed by atoms with E-state index in [1.54, 1.807) is 11.4 Å². The fraction of sp³-hybridized carbons (Fsp3) is 0.923. The molecule has 0 aromatic rings. The van der Waals surface area contributed by atoms with E-state index in [0.717, 1.165) is 19.4 Å². The standard InChI is InChI=1S/C13H27N3O4S/c1-20-9-7-15-13(17)5-6-14-10-12-4-3-8-16(11-12)21(2,18)19/h12,14H,3-11H2,1-2H3,(H,15,17). The predicted octanol–water partition coefficient (Wildman–Crippen LogP) is -0.600. The molecule has 8 heteroatoms. The van der Waals surface area contributed by atoms with Gasteiger partial charge in [0.15, 0.2) is 0 Å². The highest BCUT2D eigenvalue weighted by Crippen LogP contribution is 2.17. The molecule has 1 aliphatic rings. The quantitative estimate of drug-likeness (QED) is 0.554. The van der Waals surface area contributed by atoms with Crippen LogP contribution in [0.5, 0.6) is 0 Å². The molecule has 1 heterocycles. The van der Waals surface area contributed by atoms with Gasteiger partial charge in [0.1, 0.15) is 0 Å². The normalized spacial score (nSPS) is 20.4. The first-order chi connectivity index (χ1) is 9.93. The number of sulfonamides is 1. The number of carbonyl (C=O) groups excluding carboxylic acids is 1. The number of piperidine rings is 1. The number of nitrogens with one attached hydrogen (secondary N) is 2. The Morgan fingerprint density at radius 2 is 2.14 bits per heavy atom. The summed E-state index contributed by atoms with van der Waals surface area (Å²) >= 11 is 0. The molecule has 0 aliphatic carbocycles. The number of nitrogens with zero attached hydrogens (tertiary/aromatic N) is 1. The first-order valence-electron chi connectivity index (χ1n) is 7.35. The van der Waals surface area contributed by atoms with Crippen molar-refractivity contribution >= 4 is 15.9 Å². The summed E-state index contributed by atoms with van der Waals surface area (Å²) in [4.78, 5) is 11.5. The Morgan fingerprint density at radius 3 is 2.81 bits per heavy atom. The van der Waals surface area contributed by atoms with Crippen molar-refractivity contribution in [2.45, 2.75) is 19.3 Å². The van der Waals surface area contributed by atoms with E-state index in [2.05, 4.69) is 10.6 Å². The van der Waals surface area contributed by atoms with Gasteiger partial charge in [-0.05, 0) is 25.3 Å². The maximum absolute atomic E-state index is 11.5. The van der Waals surface area contributed by atoms with E-state index in [4.69, 9.17) is 4.74 Å². The van der Waals surface area contributed by atoms with Crippen LogP contribution in [-0.4, -0.2) is 71.3 Å². The van der Waals surface area contributed by atoms with Crippen LogP contribution in [-0.2, 0) is 19.6 Å². The van der Waals surface area contributed by atoms with Crippen LogP contribution in [0.25, 0.3) is 0 Å². The lowest BCUT2D eigenvalue weighted by molar-refractivity contribution is -0.121. The van der Waals surface area contributed by atoms with E-state index >= 15 is 0 Å². The number of carbonyl (C=O) groups is 1. The minimum atomic E-state index is -3.09. The second-order valence-electron chi connectivity index (χ2n) is 5.43. The highest BCUT2D eigenvalue weighted by Gasteiger charge is 2.25. The molecule has 1 atom stereocenters. The van der Waals surface area contributed by atoms with E-state index in [1.165, 1.54) is 6.26 Å². The fourth-order valence-corrected chi connectivity index (χ4v) is 3.33. The highest BCUT2D eigenvalue weighted by molar-refractivity contribution is 7.88. The van der Waals surface area contributed by atoms with Crippen LogP contribution < -0.4 is 10.6 Å². The molecule has 1 amide bonds. The Morgan fingerprint density at radius 1 is 1.38 bits per heavy atom. The Kier molecular flexibility index (Phi) is 8.16. The van der Waals surface area contributed by atoms with Gasteiger partial charge in [-0.2, -0.15) is 0 Å². The summed E-state index contributed by atoms with van der Waals surface area (Å²) in [7, 11) is -1.49. The maximum Gasteiger partial charge on any atom is 0.221 e. The van der Waals surface area contributed by atoms with Crippen LogP contribution in [0.15, 0.2) is 0 Å². The summed E-state index contributed by atoms with van der Waals surface area (Å²) in [6, 6.07) is 0. The average molecular weight is 321 g/mol. The smallest absolute Gasteiger partial charge is 0.221 e. The van der Waals surface area contributed by atoms with Crippen molar-refractivity contribution in [3.63, 3.8) is 0 Å². The average Bonchev–Trinajstić information content (AvgIpc) is 2.43. The molecule has 124 valence electrons. The molecular weight excluding hydrogens is 294 g/mol. The van der Waals surface area contributed by atoms with E-state index in [0.29, 0.717) is 45.1 Å². The lowest BCUT2D eigenvalue weighted by Crippen LogP contribution is -2.42. The third-order valence-electron chi connectivity index (χ3n) is 3.54. The van der Waals surface area contributed by atoms with E-state index in [9.17, 15) is 13.2 Å². The number of methoxy groups -OCH3 is 1. The fourth-order valence-electron chi connectivity index (χ4n) is 2.38. The minimum absolute atomic E-state index is 0.000886. The van der Waals surface area contributed by atoms with Crippen LogP contribution >= 0.6 is 0 Å². The molecular formula is C13H27N3O4S. The predicted molar refractivity (Wildman–Crippen MR) is 81.5 cm³/mol. The molecule has 1 aliphatic heterocycles. The zero-order valence-corrected chi connectivity index (χ0v) is 13.7. The number of rotatable bonds is 9. The number of hydrogen-bond acceptors (Lipinski definition) is 5. The maximum atomic E-state index is 11.5. The molecule has 2 N–H and O–H groups in total. The third-order valence-corrected chi connectivity index (χ3v) is 4.81. The molecule has 0 spiro atoms. The van der Waals surface area contributed by atoms with Gasteiger partial charge in [0.05, 0.1) is 12.9 Å². The number of ether oxygens (including phenoxy) is 1. The second kappa shape index (κ2) is 9.34. The Bertz CT molecular complexity index is 414. The lowest BCUT2D eigenvalue weighted by atomic mass is 10.00. The lowest BCUT2D eigenvalue weighted by Gasteiger charge is -2.31. The molecule has 0 aromatic heterocycles. The van der Waals surface area contributed by atoms with Crippen LogP contribution in [0, 0.1) is 5.92 Å². The molecule has 21 heavy (non-hydrogen) atoms. The van der Waals surface area contributed by atoms with Crippen molar-refractivity contribution in [2.24, 2.45) is 5.92 Å². The highest BCUT2D eigenvalue weighted by atomic mass is 32.2. The van der Waals surface area contributed by atoms with Gasteiger partial charge in [-0.1, -0.05) is 0 Å². The van der Waals surface area contributed by atoms with Crippen molar-refractivity contribution in [1.82, 2.24) is 14.9 Å². The molecule has 0 radical (unpaired) electrons. The minimum Gasteiger partial charge on any atom is -0.383 e. The first-order valence-corrected chi connectivity index (χ1v) is 9.19. The third kappa shape index (κ3) is 7.75. The second-order valence-corrected chi connectivity index (χ2v) is 7.41. The Balaban J connectivity index is 2.14. The summed E-state index contributed by atoms with van der Waals surface area (Å²) in [6.07, 6.45) is 3.61. The summed E-state index contributed by atoms with van der Waals surface area (Å²) in [6.45, 7) is 3.60. The van der Waals surface area contributed by atoms with Gasteiger partial charge in [0.2, 0.25) is 15.9 Å². The molecule has 0 bridgehead atoms. The molecule has 1 fully saturated rings. The van der Waals surface area contributed by atoms with Crippen molar-refractivity contribution < 1.29 is 17.9 Å². The summed E-state index contributed by atoms with van der Waals surface area (Å²) in [5, 5.41) is 5.99. The van der Waals surface area contributed by atoms with E-state index in [1.807, 2.05) is 0 Å². The Hall–Kier alpha value is -0.700. The molecule has 1 saturated heterocycles. The van der Waals surface area contributed by atoms with Gasteiger partial charge in [-0.3, -0.25) is 4.79 Å². The zero-order chi connectivity index (χ0) is 15.7. The number of hydrogen-bond donors (Lipinski definition) is 2. The Labute approximate surface area is 127 Å². The van der Waals surface area contributed by atoms with Crippen LogP contribution in [0.1, 0.15) is 19.3 Å². The van der Waals surface area contributed by atoms with Gasteiger partial charge >= 0.3 is 0 Å². The van der Waals surface area contributed by atoms with Gasteiger partial charge in [0.25, 0.3) is 0 Å². The van der Waals surface area contributed by atoms with Crippen LogP contribution in [0.2, 0.25) is 0 Å². The van der Waals surface area contributed by atoms with Crippen molar-refractivity contribution in [3.8, 4) is 0 Å². The van der Waals surface area contributed by atoms with Gasteiger partial charge in [0, 0.05) is 39.7 Å². The first kappa shape index (κ1) is 18.3. The monoisotopic (exact) mass is 321 g/mol. The van der Waals surface area contributed by atoms with Gasteiger partial charge < -0.3 is 15.4 Å².